The first-order valence-corrected chi connectivity index (χ1v) is 5.18. The second kappa shape index (κ2) is 3.37. The largest absolute Gasteiger partial charge is 0.330 e. The highest BCUT2D eigenvalue weighted by atomic mass is 14.6. The van der Waals surface area contributed by atoms with Crippen LogP contribution in [0, 0.1) is 10.8 Å². The van der Waals surface area contributed by atoms with Crippen LogP contribution in [0.3, 0.4) is 0 Å². The Labute approximate surface area is 76.7 Å². The minimum absolute atomic E-state index is 0.484. The van der Waals surface area contributed by atoms with Crippen molar-refractivity contribution in [3.63, 3.8) is 0 Å². The van der Waals surface area contributed by atoms with Crippen molar-refractivity contribution < 1.29 is 0 Å². The molecular formula is C11H23N. The number of rotatable bonds is 3. The second-order valence-corrected chi connectivity index (χ2v) is 5.62. The lowest BCUT2D eigenvalue weighted by Crippen LogP contribution is -2.37. The Balaban J connectivity index is 2.30. The highest BCUT2D eigenvalue weighted by molar-refractivity contribution is 4.89. The van der Waals surface area contributed by atoms with Crippen LogP contribution in [0.1, 0.15) is 52.9 Å². The molecule has 0 aromatic rings. The lowest BCUT2D eigenvalue weighted by molar-refractivity contribution is 0.109. The molecule has 0 aromatic heterocycles. The maximum absolute atomic E-state index is 5.80. The van der Waals surface area contributed by atoms with Crippen LogP contribution >= 0.6 is 0 Å². The zero-order valence-corrected chi connectivity index (χ0v) is 8.82. The van der Waals surface area contributed by atoms with Crippen LogP contribution in [-0.4, -0.2) is 6.54 Å². The molecule has 0 spiro atoms. The van der Waals surface area contributed by atoms with Gasteiger partial charge in [-0.15, -0.1) is 0 Å². The Morgan fingerprint density at radius 2 is 1.83 bits per heavy atom. The summed E-state index contributed by atoms with van der Waals surface area (Å²) in [5.41, 5.74) is 6.83. The second-order valence-electron chi connectivity index (χ2n) is 5.62. The van der Waals surface area contributed by atoms with Crippen LogP contribution in [-0.2, 0) is 0 Å². The molecule has 1 fully saturated rings. The Bertz CT molecular complexity index is 134. The van der Waals surface area contributed by atoms with Crippen molar-refractivity contribution in [3.05, 3.63) is 0 Å². The average molecular weight is 169 g/mol. The first-order valence-electron chi connectivity index (χ1n) is 5.18. The van der Waals surface area contributed by atoms with Crippen LogP contribution in [0.4, 0.5) is 0 Å². The Morgan fingerprint density at radius 3 is 2.08 bits per heavy atom. The molecule has 1 nitrogen and oxygen atoms in total. The van der Waals surface area contributed by atoms with Crippen LogP contribution in [0.25, 0.3) is 0 Å². The van der Waals surface area contributed by atoms with Crippen molar-refractivity contribution in [1.29, 1.82) is 0 Å². The van der Waals surface area contributed by atoms with E-state index in [1.54, 1.807) is 0 Å². The summed E-state index contributed by atoms with van der Waals surface area (Å²) in [6, 6.07) is 0. The fourth-order valence-electron chi connectivity index (χ4n) is 1.87. The van der Waals surface area contributed by atoms with Gasteiger partial charge in [0.2, 0.25) is 0 Å². The molecule has 1 saturated carbocycles. The molecule has 1 aliphatic carbocycles. The van der Waals surface area contributed by atoms with Crippen molar-refractivity contribution in [3.8, 4) is 0 Å². The van der Waals surface area contributed by atoms with E-state index in [0.29, 0.717) is 10.8 Å². The van der Waals surface area contributed by atoms with Crippen molar-refractivity contribution in [2.24, 2.45) is 16.6 Å². The van der Waals surface area contributed by atoms with Gasteiger partial charge in [0.05, 0.1) is 0 Å². The third-order valence-corrected chi connectivity index (χ3v) is 3.25. The Hall–Kier alpha value is -0.0400. The van der Waals surface area contributed by atoms with Crippen LogP contribution < -0.4 is 5.73 Å². The zero-order valence-electron chi connectivity index (χ0n) is 8.82. The standard InChI is InChI=1S/C11H23N/c1-10(2,3)7-8-11(9-12)5-4-6-11/h4-9,12H2,1-3H3. The quantitative estimate of drug-likeness (QED) is 0.690. The topological polar surface area (TPSA) is 26.0 Å². The van der Waals surface area contributed by atoms with Crippen molar-refractivity contribution >= 4 is 0 Å². The van der Waals surface area contributed by atoms with E-state index in [4.69, 9.17) is 5.73 Å². The number of hydrogen-bond acceptors (Lipinski definition) is 1. The van der Waals surface area contributed by atoms with Crippen molar-refractivity contribution in [1.82, 2.24) is 0 Å². The molecule has 12 heavy (non-hydrogen) atoms. The summed E-state index contributed by atoms with van der Waals surface area (Å²) in [5.74, 6) is 0. The smallest absolute Gasteiger partial charge is 0.00205 e. The third-order valence-electron chi connectivity index (χ3n) is 3.25. The van der Waals surface area contributed by atoms with E-state index >= 15 is 0 Å². The summed E-state index contributed by atoms with van der Waals surface area (Å²) in [4.78, 5) is 0. The van der Waals surface area contributed by atoms with Gasteiger partial charge in [0.15, 0.2) is 0 Å². The van der Waals surface area contributed by atoms with Gasteiger partial charge >= 0.3 is 0 Å². The summed E-state index contributed by atoms with van der Waals surface area (Å²) in [7, 11) is 0. The van der Waals surface area contributed by atoms with Crippen LogP contribution in [0.15, 0.2) is 0 Å². The molecule has 0 atom stereocenters. The van der Waals surface area contributed by atoms with E-state index in [9.17, 15) is 0 Å². The molecule has 0 amide bonds. The van der Waals surface area contributed by atoms with E-state index in [1.165, 1.54) is 32.1 Å². The lowest BCUT2D eigenvalue weighted by atomic mass is 9.64. The normalized spacial score (nSPS) is 22.0. The summed E-state index contributed by atoms with van der Waals surface area (Å²) in [6.07, 6.45) is 6.82. The highest BCUT2D eigenvalue weighted by Crippen LogP contribution is 2.45. The number of hydrogen-bond donors (Lipinski definition) is 1. The monoisotopic (exact) mass is 169 g/mol. The fraction of sp³-hybridized carbons (Fsp3) is 1.00. The van der Waals surface area contributed by atoms with Gasteiger partial charge < -0.3 is 5.73 Å². The van der Waals surface area contributed by atoms with Crippen LogP contribution in [0.2, 0.25) is 0 Å². The molecule has 1 rings (SSSR count). The van der Waals surface area contributed by atoms with E-state index in [0.717, 1.165) is 6.54 Å². The summed E-state index contributed by atoms with van der Waals surface area (Å²) >= 11 is 0. The molecule has 72 valence electrons. The minimum atomic E-state index is 0.484. The molecule has 0 bridgehead atoms. The van der Waals surface area contributed by atoms with Gasteiger partial charge in [-0.1, -0.05) is 27.2 Å². The maximum atomic E-state index is 5.80. The van der Waals surface area contributed by atoms with Gasteiger partial charge in [0, 0.05) is 0 Å². The van der Waals surface area contributed by atoms with Crippen LogP contribution in [0.5, 0.6) is 0 Å². The minimum Gasteiger partial charge on any atom is -0.330 e. The van der Waals surface area contributed by atoms with Gasteiger partial charge in [-0.05, 0) is 43.1 Å². The molecule has 1 heteroatoms. The van der Waals surface area contributed by atoms with Crippen molar-refractivity contribution in [2.75, 3.05) is 6.54 Å². The number of nitrogens with two attached hydrogens (primary N) is 1. The lowest BCUT2D eigenvalue weighted by Gasteiger charge is -2.42. The fourth-order valence-corrected chi connectivity index (χ4v) is 1.87. The van der Waals surface area contributed by atoms with E-state index < -0.39 is 0 Å². The summed E-state index contributed by atoms with van der Waals surface area (Å²) in [6.45, 7) is 7.85. The third kappa shape index (κ3) is 2.48. The highest BCUT2D eigenvalue weighted by Gasteiger charge is 2.35. The first-order chi connectivity index (χ1) is 5.47. The molecule has 0 unspecified atom stereocenters. The van der Waals surface area contributed by atoms with Gasteiger partial charge in [-0.3, -0.25) is 0 Å². The molecule has 2 N–H and O–H groups in total. The SMILES string of the molecule is CC(C)(C)CCC1(CN)CCC1. The van der Waals surface area contributed by atoms with Gasteiger partial charge in [0.25, 0.3) is 0 Å². The van der Waals surface area contributed by atoms with E-state index in [-0.39, 0.29) is 0 Å². The van der Waals surface area contributed by atoms with Gasteiger partial charge in [-0.25, -0.2) is 0 Å². The zero-order chi connectivity index (χ0) is 9.24. The molecule has 0 aromatic carbocycles. The molecule has 0 aliphatic heterocycles. The average Bonchev–Trinajstić information content (AvgIpc) is 1.84. The van der Waals surface area contributed by atoms with E-state index in [2.05, 4.69) is 20.8 Å². The predicted molar refractivity (Wildman–Crippen MR) is 54.0 cm³/mol. The Morgan fingerprint density at radius 1 is 1.25 bits per heavy atom. The molecular weight excluding hydrogens is 146 g/mol. The molecule has 0 radical (unpaired) electrons. The Kier molecular flexibility index (Phi) is 2.82. The molecule has 0 heterocycles. The summed E-state index contributed by atoms with van der Waals surface area (Å²) < 4.78 is 0. The molecule has 0 saturated heterocycles. The predicted octanol–water partition coefficient (Wildman–Crippen LogP) is 2.94. The molecule has 1 aliphatic rings. The first kappa shape index (κ1) is 10.0. The van der Waals surface area contributed by atoms with Gasteiger partial charge in [0.1, 0.15) is 0 Å². The van der Waals surface area contributed by atoms with Crippen molar-refractivity contribution in [2.45, 2.75) is 52.9 Å². The van der Waals surface area contributed by atoms with E-state index in [1.807, 2.05) is 0 Å². The van der Waals surface area contributed by atoms with Gasteiger partial charge in [-0.2, -0.15) is 0 Å². The maximum Gasteiger partial charge on any atom is -0.00205 e. The summed E-state index contributed by atoms with van der Waals surface area (Å²) in [5, 5.41) is 0.